The molecular formula is C16H29N5. The van der Waals surface area contributed by atoms with E-state index < -0.39 is 0 Å². The van der Waals surface area contributed by atoms with Crippen LogP contribution in [-0.2, 0) is 6.42 Å². The Kier molecular flexibility index (Phi) is 5.94. The average Bonchev–Trinajstić information content (AvgIpc) is 2.95. The van der Waals surface area contributed by atoms with Crippen LogP contribution < -0.4 is 10.6 Å². The molecule has 0 saturated carbocycles. The van der Waals surface area contributed by atoms with E-state index in [2.05, 4.69) is 40.7 Å². The molecule has 0 aromatic carbocycles. The first-order valence-corrected chi connectivity index (χ1v) is 8.15. The molecule has 1 aliphatic heterocycles. The topological polar surface area (TPSA) is 58.3 Å². The van der Waals surface area contributed by atoms with Gasteiger partial charge in [0.05, 0.1) is 0 Å². The number of rotatable bonds is 7. The Hall–Kier alpha value is -1.20. The molecular weight excluding hydrogens is 262 g/mol. The molecule has 21 heavy (non-hydrogen) atoms. The van der Waals surface area contributed by atoms with Crippen molar-refractivity contribution in [3.63, 3.8) is 0 Å². The summed E-state index contributed by atoms with van der Waals surface area (Å²) in [5.41, 5.74) is 7.09. The molecule has 5 heteroatoms. The summed E-state index contributed by atoms with van der Waals surface area (Å²) in [6.45, 7) is 7.70. The number of nitrogens with zero attached hydrogens (tertiary/aromatic N) is 4. The van der Waals surface area contributed by atoms with Crippen LogP contribution in [0.15, 0.2) is 12.4 Å². The summed E-state index contributed by atoms with van der Waals surface area (Å²) in [5, 5.41) is 0. The lowest BCUT2D eigenvalue weighted by Crippen LogP contribution is -2.39. The fourth-order valence-corrected chi connectivity index (χ4v) is 3.01. The van der Waals surface area contributed by atoms with Crippen molar-refractivity contribution in [2.75, 3.05) is 31.6 Å². The quantitative estimate of drug-likeness (QED) is 0.828. The number of aromatic nitrogens is 2. The number of nitrogens with two attached hydrogens (primary N) is 1. The maximum atomic E-state index is 5.97. The first kappa shape index (κ1) is 16.2. The number of likely N-dealkylation sites (N-methyl/N-ethyl adjacent to an activating group) is 2. The summed E-state index contributed by atoms with van der Waals surface area (Å²) in [5.74, 6) is 0.812. The Morgan fingerprint density at radius 1 is 1.38 bits per heavy atom. The second-order valence-corrected chi connectivity index (χ2v) is 6.07. The largest absolute Gasteiger partial charge is 0.342 e. The van der Waals surface area contributed by atoms with Crippen molar-refractivity contribution in [1.29, 1.82) is 0 Å². The molecule has 1 aromatic heterocycles. The molecule has 1 aromatic rings. The zero-order chi connectivity index (χ0) is 15.2. The van der Waals surface area contributed by atoms with Gasteiger partial charge in [0.1, 0.15) is 0 Å². The van der Waals surface area contributed by atoms with Crippen molar-refractivity contribution in [2.45, 2.75) is 51.6 Å². The number of hydrogen-bond donors (Lipinski definition) is 1. The van der Waals surface area contributed by atoms with Crippen molar-refractivity contribution in [3.8, 4) is 0 Å². The molecule has 0 spiro atoms. The average molecular weight is 291 g/mol. The van der Waals surface area contributed by atoms with Gasteiger partial charge >= 0.3 is 0 Å². The van der Waals surface area contributed by atoms with Gasteiger partial charge in [-0.1, -0.05) is 13.8 Å². The SMILES string of the molecule is CCC(N)Cc1cnc(N(C)CC2CCCN2CC)nc1. The van der Waals surface area contributed by atoms with Gasteiger partial charge in [0.2, 0.25) is 5.95 Å². The van der Waals surface area contributed by atoms with Gasteiger partial charge in [-0.25, -0.2) is 9.97 Å². The molecule has 2 rings (SSSR count). The van der Waals surface area contributed by atoms with E-state index in [0.717, 1.165) is 37.4 Å². The van der Waals surface area contributed by atoms with Crippen molar-refractivity contribution in [1.82, 2.24) is 14.9 Å². The minimum atomic E-state index is 0.203. The van der Waals surface area contributed by atoms with Crippen molar-refractivity contribution >= 4 is 5.95 Å². The number of likely N-dealkylation sites (tertiary alicyclic amines) is 1. The molecule has 1 fully saturated rings. The fraction of sp³-hybridized carbons (Fsp3) is 0.750. The van der Waals surface area contributed by atoms with Crippen LogP contribution >= 0.6 is 0 Å². The summed E-state index contributed by atoms with van der Waals surface area (Å²) >= 11 is 0. The molecule has 2 unspecified atom stereocenters. The van der Waals surface area contributed by atoms with Crippen LogP contribution in [0, 0.1) is 0 Å². The Balaban J connectivity index is 1.91. The first-order valence-electron chi connectivity index (χ1n) is 8.15. The molecule has 2 atom stereocenters. The lowest BCUT2D eigenvalue weighted by molar-refractivity contribution is 0.270. The van der Waals surface area contributed by atoms with Crippen molar-refractivity contribution in [3.05, 3.63) is 18.0 Å². The highest BCUT2D eigenvalue weighted by Gasteiger charge is 2.24. The molecule has 2 heterocycles. The Labute approximate surface area is 128 Å². The molecule has 2 N–H and O–H groups in total. The van der Waals surface area contributed by atoms with Gasteiger partial charge in [-0.3, -0.25) is 4.90 Å². The Morgan fingerprint density at radius 2 is 2.10 bits per heavy atom. The third-order valence-corrected chi connectivity index (χ3v) is 4.45. The third-order valence-electron chi connectivity index (χ3n) is 4.45. The van der Waals surface area contributed by atoms with Crippen LogP contribution in [0.1, 0.15) is 38.7 Å². The number of hydrogen-bond acceptors (Lipinski definition) is 5. The van der Waals surface area contributed by atoms with Gasteiger partial charge in [0, 0.05) is 38.1 Å². The summed E-state index contributed by atoms with van der Waals surface area (Å²) < 4.78 is 0. The lowest BCUT2D eigenvalue weighted by atomic mass is 10.1. The van der Waals surface area contributed by atoms with Gasteiger partial charge in [0.25, 0.3) is 0 Å². The minimum absolute atomic E-state index is 0.203. The van der Waals surface area contributed by atoms with Crippen LogP contribution in [0.25, 0.3) is 0 Å². The predicted molar refractivity (Wildman–Crippen MR) is 87.5 cm³/mol. The molecule has 5 nitrogen and oxygen atoms in total. The summed E-state index contributed by atoms with van der Waals surface area (Å²) in [4.78, 5) is 13.7. The summed E-state index contributed by atoms with van der Waals surface area (Å²) in [6, 6.07) is 0.838. The maximum absolute atomic E-state index is 5.97. The monoisotopic (exact) mass is 291 g/mol. The lowest BCUT2D eigenvalue weighted by Gasteiger charge is -2.27. The molecule has 118 valence electrons. The van der Waals surface area contributed by atoms with Crippen molar-refractivity contribution < 1.29 is 0 Å². The molecule has 0 aliphatic carbocycles. The van der Waals surface area contributed by atoms with E-state index in [4.69, 9.17) is 5.73 Å². The summed E-state index contributed by atoms with van der Waals surface area (Å²) in [6.07, 6.45) is 8.26. The van der Waals surface area contributed by atoms with Crippen LogP contribution in [0.4, 0.5) is 5.95 Å². The Bertz CT molecular complexity index is 419. The predicted octanol–water partition coefficient (Wildman–Crippen LogP) is 1.68. The second-order valence-electron chi connectivity index (χ2n) is 6.07. The van der Waals surface area contributed by atoms with Crippen LogP contribution in [0.3, 0.4) is 0 Å². The van der Waals surface area contributed by atoms with E-state index in [1.165, 1.54) is 19.4 Å². The van der Waals surface area contributed by atoms with Crippen LogP contribution in [0.2, 0.25) is 0 Å². The summed E-state index contributed by atoms with van der Waals surface area (Å²) in [7, 11) is 2.08. The fourth-order valence-electron chi connectivity index (χ4n) is 3.01. The molecule has 1 saturated heterocycles. The smallest absolute Gasteiger partial charge is 0.225 e. The molecule has 0 amide bonds. The maximum Gasteiger partial charge on any atom is 0.225 e. The zero-order valence-electron chi connectivity index (χ0n) is 13.6. The van der Waals surface area contributed by atoms with E-state index >= 15 is 0 Å². The van der Waals surface area contributed by atoms with Gasteiger partial charge in [-0.15, -0.1) is 0 Å². The minimum Gasteiger partial charge on any atom is -0.342 e. The highest BCUT2D eigenvalue weighted by molar-refractivity contribution is 5.29. The number of anilines is 1. The van der Waals surface area contributed by atoms with Gasteiger partial charge in [0.15, 0.2) is 0 Å². The zero-order valence-corrected chi connectivity index (χ0v) is 13.6. The second kappa shape index (κ2) is 7.71. The molecule has 0 radical (unpaired) electrons. The molecule has 1 aliphatic rings. The van der Waals surface area contributed by atoms with Crippen LogP contribution in [0.5, 0.6) is 0 Å². The standard InChI is InChI=1S/C16H29N5/c1-4-14(17)9-13-10-18-16(19-11-13)20(3)12-15-7-6-8-21(15)5-2/h10-11,14-15H,4-9,12,17H2,1-3H3. The van der Waals surface area contributed by atoms with E-state index in [1.807, 2.05) is 12.4 Å². The first-order chi connectivity index (χ1) is 10.1. The third kappa shape index (κ3) is 4.38. The highest BCUT2D eigenvalue weighted by Crippen LogP contribution is 2.18. The van der Waals surface area contributed by atoms with E-state index in [9.17, 15) is 0 Å². The van der Waals surface area contributed by atoms with E-state index in [0.29, 0.717) is 6.04 Å². The molecule has 0 bridgehead atoms. The highest BCUT2D eigenvalue weighted by atomic mass is 15.3. The van der Waals surface area contributed by atoms with Crippen molar-refractivity contribution in [2.24, 2.45) is 5.73 Å². The Morgan fingerprint density at radius 3 is 2.71 bits per heavy atom. The van der Waals surface area contributed by atoms with Gasteiger partial charge in [-0.2, -0.15) is 0 Å². The van der Waals surface area contributed by atoms with E-state index in [1.54, 1.807) is 0 Å². The van der Waals surface area contributed by atoms with Gasteiger partial charge in [-0.05, 0) is 44.3 Å². The van der Waals surface area contributed by atoms with Gasteiger partial charge < -0.3 is 10.6 Å². The van der Waals surface area contributed by atoms with E-state index in [-0.39, 0.29) is 6.04 Å². The van der Waals surface area contributed by atoms with Crippen LogP contribution in [-0.4, -0.2) is 53.6 Å². The normalized spacial score (nSPS) is 20.7.